The summed E-state index contributed by atoms with van der Waals surface area (Å²) in [5.74, 6) is 0.170. The number of aromatic nitrogens is 2. The minimum absolute atomic E-state index is 0.0482. The van der Waals surface area contributed by atoms with Crippen LogP contribution >= 0.6 is 11.8 Å². The first kappa shape index (κ1) is 19.1. The molecule has 0 spiro atoms. The largest absolute Gasteiger partial charge is 0.416 e. The summed E-state index contributed by atoms with van der Waals surface area (Å²) in [7, 11) is 0. The third-order valence-corrected chi connectivity index (χ3v) is 5.52. The quantitative estimate of drug-likeness (QED) is 0.739. The molecule has 1 aliphatic rings. The Labute approximate surface area is 154 Å². The second-order valence-electron chi connectivity index (χ2n) is 6.58. The third kappa shape index (κ3) is 4.34. The summed E-state index contributed by atoms with van der Waals surface area (Å²) in [4.78, 5) is 16.6. The molecule has 3 rings (SSSR count). The molecule has 4 nitrogen and oxygen atoms in total. The first-order chi connectivity index (χ1) is 12.4. The summed E-state index contributed by atoms with van der Waals surface area (Å²) in [5.41, 5.74) is 0.295. The molecule has 142 valence electrons. The molecule has 0 radical (unpaired) electrons. The van der Waals surface area contributed by atoms with Crippen molar-refractivity contribution in [1.82, 2.24) is 14.9 Å². The number of thioether (sulfide) groups is 1. The number of hydrogen-bond donors (Lipinski definition) is 1. The number of alkyl halides is 3. The number of halogens is 3. The Bertz CT molecular complexity index is 782. The van der Waals surface area contributed by atoms with Gasteiger partial charge in [0.2, 0.25) is 5.91 Å². The van der Waals surface area contributed by atoms with Crippen LogP contribution in [0.25, 0.3) is 11.0 Å². The number of carbonyl (C=O) groups excluding carboxylic acids is 1. The second kappa shape index (κ2) is 7.90. The summed E-state index contributed by atoms with van der Waals surface area (Å²) in [6.45, 7) is 2.52. The van der Waals surface area contributed by atoms with Crippen LogP contribution in [0.15, 0.2) is 23.4 Å². The van der Waals surface area contributed by atoms with E-state index in [1.165, 1.54) is 17.8 Å². The zero-order valence-electron chi connectivity index (χ0n) is 14.6. The average molecular weight is 385 g/mol. The van der Waals surface area contributed by atoms with E-state index in [4.69, 9.17) is 0 Å². The highest BCUT2D eigenvalue weighted by molar-refractivity contribution is 7.99. The molecule has 1 N–H and O–H groups in total. The van der Waals surface area contributed by atoms with Crippen molar-refractivity contribution in [2.45, 2.75) is 62.9 Å². The van der Waals surface area contributed by atoms with E-state index in [1.807, 2.05) is 6.92 Å². The minimum atomic E-state index is -4.38. The van der Waals surface area contributed by atoms with Crippen molar-refractivity contribution in [1.29, 1.82) is 0 Å². The summed E-state index contributed by atoms with van der Waals surface area (Å²) in [6.07, 6.45) is 0.710. The van der Waals surface area contributed by atoms with Crippen LogP contribution in [0.1, 0.15) is 44.6 Å². The van der Waals surface area contributed by atoms with Gasteiger partial charge < -0.3 is 9.88 Å². The molecule has 0 atom stereocenters. The van der Waals surface area contributed by atoms with Crippen molar-refractivity contribution in [2.24, 2.45) is 0 Å². The fourth-order valence-electron chi connectivity index (χ4n) is 3.30. The van der Waals surface area contributed by atoms with Crippen molar-refractivity contribution in [3.05, 3.63) is 23.8 Å². The van der Waals surface area contributed by atoms with Gasteiger partial charge in [0, 0.05) is 12.6 Å². The van der Waals surface area contributed by atoms with Gasteiger partial charge in [0.1, 0.15) is 0 Å². The van der Waals surface area contributed by atoms with E-state index >= 15 is 0 Å². The van der Waals surface area contributed by atoms with E-state index in [9.17, 15) is 18.0 Å². The van der Waals surface area contributed by atoms with Gasteiger partial charge in [0.05, 0.1) is 22.3 Å². The molecule has 1 heterocycles. The van der Waals surface area contributed by atoms with Gasteiger partial charge in [0.15, 0.2) is 5.16 Å². The zero-order valence-corrected chi connectivity index (χ0v) is 15.4. The summed E-state index contributed by atoms with van der Waals surface area (Å²) in [5, 5.41) is 3.60. The van der Waals surface area contributed by atoms with Crippen molar-refractivity contribution < 1.29 is 18.0 Å². The van der Waals surface area contributed by atoms with Crippen molar-refractivity contribution in [2.75, 3.05) is 5.75 Å². The highest BCUT2D eigenvalue weighted by atomic mass is 32.2. The molecular weight excluding hydrogens is 363 g/mol. The van der Waals surface area contributed by atoms with E-state index in [0.29, 0.717) is 22.7 Å². The van der Waals surface area contributed by atoms with E-state index in [1.54, 1.807) is 4.57 Å². The predicted molar refractivity (Wildman–Crippen MR) is 96.1 cm³/mol. The molecule has 1 aliphatic carbocycles. The monoisotopic (exact) mass is 385 g/mol. The predicted octanol–water partition coefficient (Wildman–Crippen LogP) is 4.62. The summed E-state index contributed by atoms with van der Waals surface area (Å²) in [6, 6.07) is 3.84. The molecule has 0 aliphatic heterocycles. The van der Waals surface area contributed by atoms with Crippen LogP contribution in [-0.2, 0) is 17.5 Å². The van der Waals surface area contributed by atoms with Crippen LogP contribution in [0, 0.1) is 0 Å². The highest BCUT2D eigenvalue weighted by Crippen LogP contribution is 2.33. The van der Waals surface area contributed by atoms with E-state index in [0.717, 1.165) is 44.2 Å². The molecule has 26 heavy (non-hydrogen) atoms. The zero-order chi connectivity index (χ0) is 18.7. The van der Waals surface area contributed by atoms with E-state index in [-0.39, 0.29) is 17.7 Å². The molecule has 0 unspecified atom stereocenters. The number of nitrogens with zero attached hydrogens (tertiary/aromatic N) is 2. The molecule has 1 aromatic heterocycles. The van der Waals surface area contributed by atoms with Crippen molar-refractivity contribution in [3.63, 3.8) is 0 Å². The Morgan fingerprint density at radius 2 is 2.08 bits per heavy atom. The lowest BCUT2D eigenvalue weighted by molar-refractivity contribution is -0.137. The first-order valence-corrected chi connectivity index (χ1v) is 9.86. The Morgan fingerprint density at radius 1 is 1.35 bits per heavy atom. The number of fused-ring (bicyclic) bond motifs is 1. The first-order valence-electron chi connectivity index (χ1n) is 8.88. The van der Waals surface area contributed by atoms with Crippen LogP contribution in [0.4, 0.5) is 13.2 Å². The Morgan fingerprint density at radius 3 is 2.73 bits per heavy atom. The molecule has 0 bridgehead atoms. The summed E-state index contributed by atoms with van der Waals surface area (Å²) < 4.78 is 40.8. The number of imidazole rings is 1. The topological polar surface area (TPSA) is 46.9 Å². The number of nitrogens with one attached hydrogen (secondary N) is 1. The van der Waals surface area contributed by atoms with Gasteiger partial charge in [-0.05, 0) is 37.5 Å². The lowest BCUT2D eigenvalue weighted by Gasteiger charge is -2.12. The van der Waals surface area contributed by atoms with E-state index in [2.05, 4.69) is 10.3 Å². The maximum absolute atomic E-state index is 13.0. The van der Waals surface area contributed by atoms with Gasteiger partial charge in [-0.15, -0.1) is 0 Å². The smallest absolute Gasteiger partial charge is 0.353 e. The SMILES string of the molecule is CCCn1c(SCC(=O)NC2CCCC2)nc2ccc(C(F)(F)F)cc21. The highest BCUT2D eigenvalue weighted by Gasteiger charge is 2.31. The maximum atomic E-state index is 13.0. The Kier molecular flexibility index (Phi) is 5.79. The molecule has 1 fully saturated rings. The number of amides is 1. The van der Waals surface area contributed by atoms with Crippen LogP contribution in [0.5, 0.6) is 0 Å². The van der Waals surface area contributed by atoms with Gasteiger partial charge in [-0.25, -0.2) is 4.98 Å². The number of carbonyl (C=O) groups is 1. The Balaban J connectivity index is 1.78. The van der Waals surface area contributed by atoms with Gasteiger partial charge >= 0.3 is 6.18 Å². The van der Waals surface area contributed by atoms with Crippen molar-refractivity contribution in [3.8, 4) is 0 Å². The van der Waals surface area contributed by atoms with Gasteiger partial charge in [-0.1, -0.05) is 31.5 Å². The number of aryl methyl sites for hydroxylation is 1. The molecule has 1 aromatic carbocycles. The fraction of sp³-hybridized carbons (Fsp3) is 0.556. The lowest BCUT2D eigenvalue weighted by Crippen LogP contribution is -2.33. The average Bonchev–Trinajstić information content (AvgIpc) is 3.20. The van der Waals surface area contributed by atoms with Gasteiger partial charge in [-0.2, -0.15) is 13.2 Å². The maximum Gasteiger partial charge on any atom is 0.416 e. The molecule has 2 aromatic rings. The number of benzene rings is 1. The van der Waals surface area contributed by atoms with Crippen LogP contribution in [0.2, 0.25) is 0 Å². The molecule has 1 saturated carbocycles. The third-order valence-electron chi connectivity index (χ3n) is 4.54. The summed E-state index contributed by atoms with van der Waals surface area (Å²) >= 11 is 1.28. The molecule has 1 amide bonds. The normalized spacial score (nSPS) is 15.7. The fourth-order valence-corrected chi connectivity index (χ4v) is 4.15. The van der Waals surface area contributed by atoms with Crippen LogP contribution in [-0.4, -0.2) is 27.3 Å². The Hall–Kier alpha value is -1.70. The van der Waals surface area contributed by atoms with Crippen molar-refractivity contribution >= 4 is 28.7 Å². The number of hydrogen-bond acceptors (Lipinski definition) is 3. The van der Waals surface area contributed by atoms with E-state index < -0.39 is 11.7 Å². The molecular formula is C18H22F3N3OS. The minimum Gasteiger partial charge on any atom is -0.353 e. The van der Waals surface area contributed by atoms with Crippen LogP contribution in [0.3, 0.4) is 0 Å². The lowest BCUT2D eigenvalue weighted by atomic mass is 10.2. The number of rotatable bonds is 6. The molecule has 8 heteroatoms. The standard InChI is InChI=1S/C18H22F3N3OS/c1-2-9-24-15-10-12(18(19,20)21)7-8-14(15)23-17(24)26-11-16(25)22-13-5-3-4-6-13/h7-8,10,13H,2-6,9,11H2,1H3,(H,22,25). The second-order valence-corrected chi connectivity index (χ2v) is 7.53. The van der Waals surface area contributed by atoms with Gasteiger partial charge in [0.25, 0.3) is 0 Å². The molecule has 0 saturated heterocycles. The van der Waals surface area contributed by atoms with Gasteiger partial charge in [-0.3, -0.25) is 4.79 Å². The van der Waals surface area contributed by atoms with Crippen LogP contribution < -0.4 is 5.32 Å².